The molecule has 0 saturated carbocycles. The minimum Gasteiger partial charge on any atom is -0.483 e. The van der Waals surface area contributed by atoms with Gasteiger partial charge in [-0.15, -0.1) is 0 Å². The Bertz CT molecular complexity index is 398. The number of amides is 1. The quantitative estimate of drug-likeness (QED) is 0.739. The van der Waals surface area contributed by atoms with Gasteiger partial charge >= 0.3 is 0 Å². The van der Waals surface area contributed by atoms with Crippen LogP contribution in [-0.2, 0) is 16.1 Å². The number of rotatable bonds is 7. The van der Waals surface area contributed by atoms with Crippen LogP contribution in [0.5, 0.6) is 5.75 Å². The number of carbonyl (C=O) groups excluding carboxylic acids is 1. The molecule has 0 atom stereocenters. The zero-order valence-corrected chi connectivity index (χ0v) is 11.7. The van der Waals surface area contributed by atoms with Gasteiger partial charge in [-0.25, -0.2) is 0 Å². The summed E-state index contributed by atoms with van der Waals surface area (Å²) in [5.41, 5.74) is 0.633. The molecule has 1 aromatic carbocycles. The lowest BCUT2D eigenvalue weighted by molar-refractivity contribution is -0.123. The van der Waals surface area contributed by atoms with E-state index in [1.165, 1.54) is 0 Å². The van der Waals surface area contributed by atoms with Crippen molar-refractivity contribution in [2.45, 2.75) is 6.61 Å². The van der Waals surface area contributed by atoms with E-state index in [0.29, 0.717) is 24.5 Å². The van der Waals surface area contributed by atoms with Gasteiger partial charge in [0.25, 0.3) is 5.91 Å². The van der Waals surface area contributed by atoms with Gasteiger partial charge < -0.3 is 19.9 Å². The molecule has 2 N–H and O–H groups in total. The maximum atomic E-state index is 11.4. The standard InChI is InChI=1S/C12H16BrNO4/c1-17-5-4-14-12(16)8-18-11-3-2-10(13)6-9(11)7-15/h2-3,6,15H,4-5,7-8H2,1H3,(H,14,16). The first-order valence-electron chi connectivity index (χ1n) is 5.45. The van der Waals surface area contributed by atoms with E-state index in [1.54, 1.807) is 25.3 Å². The van der Waals surface area contributed by atoms with Gasteiger partial charge in [0.2, 0.25) is 0 Å². The molecule has 0 radical (unpaired) electrons. The molecule has 0 aliphatic carbocycles. The highest BCUT2D eigenvalue weighted by atomic mass is 79.9. The fraction of sp³-hybridized carbons (Fsp3) is 0.417. The lowest BCUT2D eigenvalue weighted by Crippen LogP contribution is -2.31. The molecule has 0 bridgehead atoms. The van der Waals surface area contributed by atoms with Gasteiger partial charge in [0.1, 0.15) is 5.75 Å². The van der Waals surface area contributed by atoms with Crippen molar-refractivity contribution in [2.75, 3.05) is 26.9 Å². The number of carbonyl (C=O) groups is 1. The molecule has 0 fully saturated rings. The largest absolute Gasteiger partial charge is 0.483 e. The number of benzene rings is 1. The third-order valence-electron chi connectivity index (χ3n) is 2.18. The number of nitrogens with one attached hydrogen (secondary N) is 1. The molecule has 0 saturated heterocycles. The van der Waals surface area contributed by atoms with Crippen LogP contribution in [0.15, 0.2) is 22.7 Å². The van der Waals surface area contributed by atoms with Crippen LogP contribution in [0.2, 0.25) is 0 Å². The second kappa shape index (κ2) is 8.07. The van der Waals surface area contributed by atoms with Crippen LogP contribution in [0, 0.1) is 0 Å². The number of ether oxygens (including phenoxy) is 2. The summed E-state index contributed by atoms with van der Waals surface area (Å²) in [4.78, 5) is 11.4. The summed E-state index contributed by atoms with van der Waals surface area (Å²) in [6.45, 7) is 0.691. The van der Waals surface area contributed by atoms with Gasteiger partial charge in [0.15, 0.2) is 6.61 Å². The molecule has 0 aromatic heterocycles. The Balaban J connectivity index is 2.45. The predicted octanol–water partition coefficient (Wildman–Crippen LogP) is 1.08. The van der Waals surface area contributed by atoms with Crippen LogP contribution in [0.1, 0.15) is 5.56 Å². The molecule has 0 unspecified atom stereocenters. The summed E-state index contributed by atoms with van der Waals surface area (Å²) >= 11 is 3.30. The first-order valence-corrected chi connectivity index (χ1v) is 6.24. The Morgan fingerprint density at radius 2 is 2.28 bits per heavy atom. The number of halogens is 1. The Hall–Kier alpha value is -1.11. The number of hydrogen-bond acceptors (Lipinski definition) is 4. The minimum atomic E-state index is -0.223. The van der Waals surface area contributed by atoms with Gasteiger partial charge in [-0.2, -0.15) is 0 Å². The Morgan fingerprint density at radius 3 is 2.94 bits per heavy atom. The first kappa shape index (κ1) is 14.9. The molecule has 0 spiro atoms. The van der Waals surface area contributed by atoms with E-state index in [4.69, 9.17) is 14.6 Å². The molecule has 1 aromatic rings. The molecule has 0 aliphatic heterocycles. The van der Waals surface area contributed by atoms with Gasteiger partial charge in [0, 0.05) is 23.7 Å². The monoisotopic (exact) mass is 317 g/mol. The lowest BCUT2D eigenvalue weighted by Gasteiger charge is -2.10. The van der Waals surface area contributed by atoms with Crippen molar-refractivity contribution in [1.29, 1.82) is 0 Å². The zero-order valence-electron chi connectivity index (χ0n) is 10.1. The highest BCUT2D eigenvalue weighted by Gasteiger charge is 2.06. The summed E-state index contributed by atoms with van der Waals surface area (Å²) in [5.74, 6) is 0.279. The van der Waals surface area contributed by atoms with Crippen molar-refractivity contribution in [1.82, 2.24) is 5.32 Å². The molecule has 100 valence electrons. The Morgan fingerprint density at radius 1 is 1.50 bits per heavy atom. The van der Waals surface area contributed by atoms with E-state index in [0.717, 1.165) is 4.47 Å². The fourth-order valence-electron chi connectivity index (χ4n) is 1.30. The number of aliphatic hydroxyl groups excluding tert-OH is 1. The number of hydrogen-bond donors (Lipinski definition) is 2. The van der Waals surface area contributed by atoms with Crippen LogP contribution in [0.3, 0.4) is 0 Å². The second-order valence-corrected chi connectivity index (χ2v) is 4.46. The van der Waals surface area contributed by atoms with Crippen molar-refractivity contribution in [2.24, 2.45) is 0 Å². The molecule has 0 aliphatic rings. The van der Waals surface area contributed by atoms with E-state index in [2.05, 4.69) is 21.2 Å². The molecular formula is C12H16BrNO4. The van der Waals surface area contributed by atoms with Crippen LogP contribution in [0.25, 0.3) is 0 Å². The zero-order chi connectivity index (χ0) is 13.4. The topological polar surface area (TPSA) is 67.8 Å². The van der Waals surface area contributed by atoms with Gasteiger partial charge in [-0.05, 0) is 18.2 Å². The van der Waals surface area contributed by atoms with E-state index in [1.807, 2.05) is 0 Å². The third-order valence-corrected chi connectivity index (χ3v) is 2.67. The van der Waals surface area contributed by atoms with Crippen LogP contribution in [-0.4, -0.2) is 37.9 Å². The third kappa shape index (κ3) is 5.03. The smallest absolute Gasteiger partial charge is 0.258 e. The van der Waals surface area contributed by atoms with Crippen molar-refractivity contribution < 1.29 is 19.4 Å². The van der Waals surface area contributed by atoms with E-state index in [-0.39, 0.29) is 19.1 Å². The molecule has 5 nitrogen and oxygen atoms in total. The first-order chi connectivity index (χ1) is 8.67. The molecule has 18 heavy (non-hydrogen) atoms. The summed E-state index contributed by atoms with van der Waals surface area (Å²) < 4.78 is 11.0. The highest BCUT2D eigenvalue weighted by molar-refractivity contribution is 9.10. The van der Waals surface area contributed by atoms with E-state index >= 15 is 0 Å². The Kier molecular flexibility index (Phi) is 6.70. The fourth-order valence-corrected chi connectivity index (χ4v) is 1.71. The van der Waals surface area contributed by atoms with Crippen LogP contribution in [0.4, 0.5) is 0 Å². The maximum absolute atomic E-state index is 11.4. The number of methoxy groups -OCH3 is 1. The van der Waals surface area contributed by atoms with Crippen molar-refractivity contribution >= 4 is 21.8 Å². The molecular weight excluding hydrogens is 302 g/mol. The Labute approximate surface area is 114 Å². The summed E-state index contributed by atoms with van der Waals surface area (Å²) in [5, 5.41) is 11.8. The lowest BCUT2D eigenvalue weighted by atomic mass is 10.2. The molecule has 0 heterocycles. The highest BCUT2D eigenvalue weighted by Crippen LogP contribution is 2.23. The molecule has 1 amide bonds. The summed E-state index contributed by atoms with van der Waals surface area (Å²) in [6.07, 6.45) is 0. The average molecular weight is 318 g/mol. The van der Waals surface area contributed by atoms with Gasteiger partial charge in [0.05, 0.1) is 13.2 Å². The van der Waals surface area contributed by atoms with Gasteiger partial charge in [-0.3, -0.25) is 4.79 Å². The molecule has 1 rings (SSSR count). The van der Waals surface area contributed by atoms with Crippen molar-refractivity contribution in [3.8, 4) is 5.75 Å². The SMILES string of the molecule is COCCNC(=O)COc1ccc(Br)cc1CO. The van der Waals surface area contributed by atoms with Crippen LogP contribution < -0.4 is 10.1 Å². The van der Waals surface area contributed by atoms with Crippen molar-refractivity contribution in [3.05, 3.63) is 28.2 Å². The average Bonchev–Trinajstić information content (AvgIpc) is 2.37. The normalized spacial score (nSPS) is 10.2. The second-order valence-electron chi connectivity index (χ2n) is 3.54. The van der Waals surface area contributed by atoms with E-state index in [9.17, 15) is 4.79 Å². The maximum Gasteiger partial charge on any atom is 0.258 e. The van der Waals surface area contributed by atoms with Crippen molar-refractivity contribution in [3.63, 3.8) is 0 Å². The minimum absolute atomic E-state index is 0.0850. The van der Waals surface area contributed by atoms with Gasteiger partial charge in [-0.1, -0.05) is 15.9 Å². The summed E-state index contributed by atoms with van der Waals surface area (Å²) in [6, 6.07) is 5.24. The van der Waals surface area contributed by atoms with Crippen LogP contribution >= 0.6 is 15.9 Å². The van der Waals surface area contributed by atoms with E-state index < -0.39 is 0 Å². The summed E-state index contributed by atoms with van der Waals surface area (Å²) in [7, 11) is 1.57. The molecule has 6 heteroatoms. The number of aliphatic hydroxyl groups is 1. The predicted molar refractivity (Wildman–Crippen MR) is 70.4 cm³/mol.